The van der Waals surface area contributed by atoms with Crippen molar-refractivity contribution in [2.75, 3.05) is 6.61 Å². The first-order valence-corrected chi connectivity index (χ1v) is 23.1. The number of nitrogens with two attached hydrogens (primary N) is 2. The van der Waals surface area contributed by atoms with Crippen LogP contribution in [-0.4, -0.2) is 209 Å². The standard InChI is InChI=1S/C42H62N12O25/c1-15(33(44)70)45-35(72)18(4-7-27(58)59)48-36(73)19(5-8-28(60)61)49-40(77)23(12-31(66)67)51-34(71)16(2)46-38(75)21(10-26(43)57)52-41(78)24(13-32(68)69)53-37(74)20(6-9-29(62)63)50-42(79)25(14-55)54-39(76)22(11-30(64)65)47-17(3)56/h15-16,18-25,55H,4-14H2,1-3H3,(H2,43,57)(H2,44,70)(H,45,72)(H,46,75)(H,47,56)(H,48,73)(H,49,77)(H,50,79)(H,51,71)(H,52,78)(H,53,74)(H,54,76)(H,58,59)(H,60,61)(H,62,63)(H,64,65)(H,66,67)(H,68,69)/t15-,16-,18-,19-,20-,21-,22-,23-,24-,25-/m1/s1. The van der Waals surface area contributed by atoms with Gasteiger partial charge in [-0.1, -0.05) is 0 Å². The van der Waals surface area contributed by atoms with E-state index in [9.17, 15) is 112 Å². The minimum absolute atomic E-state index is 0.621. The van der Waals surface area contributed by atoms with E-state index in [0.717, 1.165) is 20.8 Å². The Morgan fingerprint density at radius 2 is 0.582 bits per heavy atom. The number of nitrogens with one attached hydrogen (secondary N) is 10. The number of carbonyl (C=O) groups excluding carboxylic acids is 12. The molecule has 37 heteroatoms. The molecular weight excluding hydrogens is 1070 g/mol. The van der Waals surface area contributed by atoms with E-state index in [1.165, 1.54) is 0 Å². The number of primary amides is 2. The summed E-state index contributed by atoms with van der Waals surface area (Å²) in [6.45, 7) is 1.72. The molecule has 12 amide bonds. The van der Waals surface area contributed by atoms with Crippen LogP contribution in [0.3, 0.4) is 0 Å². The van der Waals surface area contributed by atoms with E-state index in [-0.39, 0.29) is 0 Å². The van der Waals surface area contributed by atoms with Gasteiger partial charge in [0.2, 0.25) is 70.9 Å². The van der Waals surface area contributed by atoms with Crippen molar-refractivity contribution in [1.82, 2.24) is 53.2 Å². The summed E-state index contributed by atoms with van der Waals surface area (Å²) < 4.78 is 0. The number of carboxylic acid groups (broad SMARTS) is 6. The zero-order valence-electron chi connectivity index (χ0n) is 42.2. The van der Waals surface area contributed by atoms with Crippen LogP contribution in [0.15, 0.2) is 0 Å². The van der Waals surface area contributed by atoms with E-state index in [2.05, 4.69) is 10.6 Å². The number of aliphatic carboxylic acids is 6. The van der Waals surface area contributed by atoms with Crippen molar-refractivity contribution in [3.63, 3.8) is 0 Å². The molecule has 0 unspecified atom stereocenters. The zero-order valence-corrected chi connectivity index (χ0v) is 42.2. The summed E-state index contributed by atoms with van der Waals surface area (Å²) in [5.41, 5.74) is 10.4. The number of carbonyl (C=O) groups is 18. The second-order valence-corrected chi connectivity index (χ2v) is 17.0. The van der Waals surface area contributed by atoms with Gasteiger partial charge in [0.15, 0.2) is 0 Å². The molecule has 0 aromatic carbocycles. The Kier molecular flexibility index (Phi) is 30.0. The first-order valence-electron chi connectivity index (χ1n) is 23.1. The fourth-order valence-electron chi connectivity index (χ4n) is 6.31. The van der Waals surface area contributed by atoms with Crippen LogP contribution in [0.5, 0.6) is 0 Å². The highest BCUT2D eigenvalue weighted by atomic mass is 16.4. The van der Waals surface area contributed by atoms with Crippen LogP contribution in [0.1, 0.15) is 85.0 Å². The van der Waals surface area contributed by atoms with Crippen molar-refractivity contribution in [3.05, 3.63) is 0 Å². The third-order valence-corrected chi connectivity index (χ3v) is 10.3. The molecule has 0 rings (SSSR count). The largest absolute Gasteiger partial charge is 0.481 e. The summed E-state index contributed by atoms with van der Waals surface area (Å²) in [5, 5.41) is 85.7. The van der Waals surface area contributed by atoms with Gasteiger partial charge in [-0.2, -0.15) is 0 Å². The summed E-state index contributed by atoms with van der Waals surface area (Å²) in [6.07, 6.45) is -9.48. The van der Waals surface area contributed by atoms with Crippen LogP contribution in [0.25, 0.3) is 0 Å². The third-order valence-electron chi connectivity index (χ3n) is 10.3. The number of hydrogen-bond acceptors (Lipinski definition) is 19. The molecule has 0 heterocycles. The quantitative estimate of drug-likeness (QED) is 0.0273. The van der Waals surface area contributed by atoms with Crippen molar-refractivity contribution < 1.29 is 122 Å². The van der Waals surface area contributed by atoms with Gasteiger partial charge < -0.3 is 100 Å². The normalized spacial score (nSPS) is 14.4. The van der Waals surface area contributed by atoms with E-state index in [0.29, 0.717) is 0 Å². The molecule has 21 N–H and O–H groups in total. The van der Waals surface area contributed by atoms with Crippen LogP contribution in [0.2, 0.25) is 0 Å². The van der Waals surface area contributed by atoms with Gasteiger partial charge in [0.1, 0.15) is 60.4 Å². The smallest absolute Gasteiger partial charge is 0.305 e. The molecule has 0 aliphatic carbocycles. The predicted octanol–water partition coefficient (Wildman–Crippen LogP) is -9.73. The number of aliphatic hydroxyl groups is 1. The van der Waals surface area contributed by atoms with Crippen LogP contribution in [0, 0.1) is 0 Å². The molecule has 0 aromatic heterocycles. The second kappa shape index (κ2) is 34.2. The Bertz CT molecular complexity index is 2350. The SMILES string of the molecule is CC(=O)N[C@H](CC(=O)O)C(=O)N[C@H](CO)C(=O)N[C@H](CCC(=O)O)C(=O)N[C@H](CC(=O)O)C(=O)N[C@H](CC(N)=O)C(=O)N[C@H](C)C(=O)N[C@H](CC(=O)O)C(=O)N[C@H](CCC(=O)O)C(=O)N[C@H](CCC(=O)O)C(=O)N[C@H](C)C(N)=O. The maximum atomic E-state index is 13.5. The molecule has 0 radical (unpaired) electrons. The van der Waals surface area contributed by atoms with Crippen molar-refractivity contribution in [2.24, 2.45) is 11.5 Å². The lowest BCUT2D eigenvalue weighted by Gasteiger charge is -2.27. The lowest BCUT2D eigenvalue weighted by atomic mass is 10.1. The lowest BCUT2D eigenvalue weighted by molar-refractivity contribution is -0.143. The van der Waals surface area contributed by atoms with E-state index >= 15 is 0 Å². The highest BCUT2D eigenvalue weighted by Crippen LogP contribution is 2.08. The van der Waals surface area contributed by atoms with Gasteiger partial charge in [-0.15, -0.1) is 0 Å². The summed E-state index contributed by atoms with van der Waals surface area (Å²) in [7, 11) is 0. The monoisotopic (exact) mass is 1130 g/mol. The summed E-state index contributed by atoms with van der Waals surface area (Å²) in [4.78, 5) is 224. The average molecular weight is 1140 g/mol. The van der Waals surface area contributed by atoms with E-state index in [4.69, 9.17) is 21.7 Å². The molecule has 10 atom stereocenters. The highest BCUT2D eigenvalue weighted by Gasteiger charge is 2.37. The van der Waals surface area contributed by atoms with Crippen molar-refractivity contribution in [1.29, 1.82) is 0 Å². The zero-order chi connectivity index (χ0) is 61.0. The van der Waals surface area contributed by atoms with E-state index in [1.54, 1.807) is 0 Å². The Morgan fingerprint density at radius 1 is 0.329 bits per heavy atom. The number of aliphatic hydroxyl groups excluding tert-OH is 1. The Hall–Kier alpha value is -9.58. The molecule has 0 aromatic rings. The Morgan fingerprint density at radius 3 is 0.886 bits per heavy atom. The van der Waals surface area contributed by atoms with E-state index in [1.807, 2.05) is 42.5 Å². The molecule has 79 heavy (non-hydrogen) atoms. The van der Waals surface area contributed by atoms with Crippen molar-refractivity contribution >= 4 is 107 Å². The van der Waals surface area contributed by atoms with Crippen molar-refractivity contribution in [2.45, 2.75) is 145 Å². The molecule has 0 saturated heterocycles. The molecule has 0 fully saturated rings. The first-order chi connectivity index (χ1) is 36.6. The molecule has 0 aliphatic rings. The third kappa shape index (κ3) is 28.2. The summed E-state index contributed by atoms with van der Waals surface area (Å²) in [6, 6.07) is -19.3. The minimum Gasteiger partial charge on any atom is -0.481 e. The van der Waals surface area contributed by atoms with Crippen LogP contribution in [0.4, 0.5) is 0 Å². The number of hydrogen-bond donors (Lipinski definition) is 19. The molecule has 0 aliphatic heterocycles. The maximum absolute atomic E-state index is 13.5. The molecule has 0 saturated carbocycles. The number of rotatable bonds is 38. The number of amides is 12. The lowest BCUT2D eigenvalue weighted by Crippen LogP contribution is -2.61. The average Bonchev–Trinajstić information content (AvgIpc) is 3.32. The van der Waals surface area contributed by atoms with Gasteiger partial charge in [-0.25, -0.2) is 0 Å². The fourth-order valence-corrected chi connectivity index (χ4v) is 6.31. The Balaban J connectivity index is 6.57. The summed E-state index contributed by atoms with van der Waals surface area (Å²) in [5.74, 6) is -25.7. The maximum Gasteiger partial charge on any atom is 0.305 e. The van der Waals surface area contributed by atoms with Gasteiger partial charge in [0.25, 0.3) is 0 Å². The van der Waals surface area contributed by atoms with Crippen LogP contribution >= 0.6 is 0 Å². The minimum atomic E-state index is -2.27. The van der Waals surface area contributed by atoms with Gasteiger partial charge in [-0.05, 0) is 33.1 Å². The van der Waals surface area contributed by atoms with Crippen LogP contribution < -0.4 is 64.6 Å². The van der Waals surface area contributed by atoms with Gasteiger partial charge in [0.05, 0.1) is 32.3 Å². The van der Waals surface area contributed by atoms with Crippen molar-refractivity contribution in [3.8, 4) is 0 Å². The fraction of sp³-hybridized carbons (Fsp3) is 0.571. The van der Waals surface area contributed by atoms with Crippen LogP contribution in [-0.2, 0) is 86.3 Å². The summed E-state index contributed by atoms with van der Waals surface area (Å²) >= 11 is 0. The van der Waals surface area contributed by atoms with Gasteiger partial charge in [-0.3, -0.25) is 86.3 Å². The topological polar surface area (TPSA) is 621 Å². The predicted molar refractivity (Wildman–Crippen MR) is 254 cm³/mol. The first kappa shape index (κ1) is 69.4. The molecular formula is C42H62N12O25. The second-order valence-electron chi connectivity index (χ2n) is 17.0. The molecule has 37 nitrogen and oxygen atoms in total. The van der Waals surface area contributed by atoms with E-state index < -0.39 is 238 Å². The Labute approximate surface area is 444 Å². The van der Waals surface area contributed by atoms with Gasteiger partial charge >= 0.3 is 35.8 Å². The molecule has 440 valence electrons. The highest BCUT2D eigenvalue weighted by molar-refractivity contribution is 6.01. The molecule has 0 spiro atoms. The molecule has 0 bridgehead atoms. The number of carboxylic acids is 6. The van der Waals surface area contributed by atoms with Gasteiger partial charge in [0, 0.05) is 26.2 Å².